The molecule has 3 heteroatoms. The molecule has 0 aromatic heterocycles. The molecule has 0 aromatic carbocycles. The number of rotatable bonds is 8. The summed E-state index contributed by atoms with van der Waals surface area (Å²) in [6.45, 7) is 11.7. The van der Waals surface area contributed by atoms with Gasteiger partial charge in [0, 0.05) is 19.1 Å². The van der Waals surface area contributed by atoms with E-state index in [0.717, 1.165) is 26.3 Å². The number of Topliss-reactive ketones (excluding diaryl/α,β-unsaturated/α-hetero) is 1. The molecule has 0 fully saturated rings. The van der Waals surface area contributed by atoms with E-state index < -0.39 is 0 Å². The van der Waals surface area contributed by atoms with E-state index in [2.05, 4.69) is 11.8 Å². The van der Waals surface area contributed by atoms with Gasteiger partial charge in [0.15, 0.2) is 0 Å². The molecule has 0 aliphatic rings. The minimum Gasteiger partial charge on any atom is -0.380 e. The van der Waals surface area contributed by atoms with Crippen molar-refractivity contribution in [3.05, 3.63) is 0 Å². The Balaban J connectivity index is 3.73. The maximum absolute atomic E-state index is 11.5. The van der Waals surface area contributed by atoms with Gasteiger partial charge in [-0.15, -0.1) is 0 Å². The Morgan fingerprint density at radius 2 is 2.00 bits per heavy atom. The van der Waals surface area contributed by atoms with Crippen molar-refractivity contribution >= 4 is 5.78 Å². The summed E-state index contributed by atoms with van der Waals surface area (Å²) in [5.41, 5.74) is 0. The molecule has 0 saturated carbocycles. The van der Waals surface area contributed by atoms with Gasteiger partial charge >= 0.3 is 0 Å². The van der Waals surface area contributed by atoms with Crippen LogP contribution in [0.25, 0.3) is 0 Å². The molecule has 0 heterocycles. The Labute approximate surface area is 87.4 Å². The van der Waals surface area contributed by atoms with Crippen molar-refractivity contribution in [1.82, 2.24) is 4.90 Å². The molecule has 0 saturated heterocycles. The minimum absolute atomic E-state index is 0.135. The average molecular weight is 201 g/mol. The number of carbonyl (C=O) groups is 1. The van der Waals surface area contributed by atoms with Crippen LogP contribution in [0.2, 0.25) is 0 Å². The lowest BCUT2D eigenvalue weighted by Crippen LogP contribution is -2.34. The lowest BCUT2D eigenvalue weighted by molar-refractivity contribution is -0.123. The molecular weight excluding hydrogens is 178 g/mol. The molecule has 0 N–H and O–H groups in total. The van der Waals surface area contributed by atoms with Gasteiger partial charge in [0.2, 0.25) is 0 Å². The summed E-state index contributed by atoms with van der Waals surface area (Å²) in [7, 11) is 0. The van der Waals surface area contributed by atoms with Crippen molar-refractivity contribution in [2.24, 2.45) is 5.92 Å². The molecular formula is C11H23NO2. The second kappa shape index (κ2) is 7.94. The zero-order chi connectivity index (χ0) is 11.0. The van der Waals surface area contributed by atoms with Crippen LogP contribution in [-0.2, 0) is 9.53 Å². The number of nitrogens with zero attached hydrogens (tertiary/aromatic N) is 1. The van der Waals surface area contributed by atoms with E-state index >= 15 is 0 Å². The summed E-state index contributed by atoms with van der Waals surface area (Å²) in [4.78, 5) is 13.6. The van der Waals surface area contributed by atoms with Crippen LogP contribution >= 0.6 is 0 Å². The first kappa shape index (κ1) is 13.6. The number of carbonyl (C=O) groups excluding carboxylic acids is 1. The minimum atomic E-state index is 0.135. The third-order valence-corrected chi connectivity index (χ3v) is 2.23. The monoisotopic (exact) mass is 201 g/mol. The molecule has 0 amide bonds. The summed E-state index contributed by atoms with van der Waals surface area (Å²) in [6, 6.07) is 0. The highest BCUT2D eigenvalue weighted by Crippen LogP contribution is 1.97. The van der Waals surface area contributed by atoms with Crippen LogP contribution in [-0.4, -0.2) is 43.5 Å². The van der Waals surface area contributed by atoms with Crippen molar-refractivity contribution in [3.8, 4) is 0 Å². The van der Waals surface area contributed by atoms with Gasteiger partial charge < -0.3 is 4.74 Å². The summed E-state index contributed by atoms with van der Waals surface area (Å²) in [5, 5.41) is 0. The van der Waals surface area contributed by atoms with Crippen LogP contribution in [0, 0.1) is 5.92 Å². The highest BCUT2D eigenvalue weighted by Gasteiger charge is 2.11. The maximum atomic E-state index is 11.5. The highest BCUT2D eigenvalue weighted by atomic mass is 16.5. The molecule has 0 aliphatic heterocycles. The third-order valence-electron chi connectivity index (χ3n) is 2.23. The van der Waals surface area contributed by atoms with Crippen LogP contribution in [0.3, 0.4) is 0 Å². The maximum Gasteiger partial charge on any atom is 0.149 e. The first-order chi connectivity index (χ1) is 6.61. The fourth-order valence-corrected chi connectivity index (χ4v) is 1.09. The smallest absolute Gasteiger partial charge is 0.149 e. The lowest BCUT2D eigenvalue weighted by atomic mass is 10.1. The van der Waals surface area contributed by atoms with E-state index in [1.54, 1.807) is 0 Å². The Hall–Kier alpha value is -0.410. The fourth-order valence-electron chi connectivity index (χ4n) is 1.09. The SMILES string of the molecule is CCOCCN(CC)CC(=O)C(C)C. The first-order valence-electron chi connectivity index (χ1n) is 5.44. The molecule has 0 unspecified atom stereocenters. The lowest BCUT2D eigenvalue weighted by Gasteiger charge is -2.20. The molecule has 0 rings (SSSR count). The Bertz CT molecular complexity index is 157. The normalized spacial score (nSPS) is 11.3. The third kappa shape index (κ3) is 6.11. The van der Waals surface area contributed by atoms with Gasteiger partial charge in [-0.05, 0) is 13.5 Å². The second-order valence-electron chi connectivity index (χ2n) is 3.69. The molecule has 0 aromatic rings. The second-order valence-corrected chi connectivity index (χ2v) is 3.69. The topological polar surface area (TPSA) is 29.5 Å². The van der Waals surface area contributed by atoms with Crippen molar-refractivity contribution < 1.29 is 9.53 Å². The standard InChI is InChI=1S/C11H23NO2/c1-5-12(7-8-14-6-2)9-11(13)10(3)4/h10H,5-9H2,1-4H3. The molecule has 3 nitrogen and oxygen atoms in total. The number of hydrogen-bond donors (Lipinski definition) is 0. The predicted molar refractivity (Wildman–Crippen MR) is 58.5 cm³/mol. The van der Waals surface area contributed by atoms with Crippen LogP contribution in [0.5, 0.6) is 0 Å². The van der Waals surface area contributed by atoms with E-state index in [1.807, 2.05) is 20.8 Å². The van der Waals surface area contributed by atoms with E-state index in [4.69, 9.17) is 4.74 Å². The largest absolute Gasteiger partial charge is 0.380 e. The van der Waals surface area contributed by atoms with Crippen molar-refractivity contribution in [2.75, 3.05) is 32.8 Å². The summed E-state index contributed by atoms with van der Waals surface area (Å²) < 4.78 is 5.25. The van der Waals surface area contributed by atoms with Gasteiger partial charge in [0.25, 0.3) is 0 Å². The average Bonchev–Trinajstić information content (AvgIpc) is 2.16. The number of ketones is 1. The van der Waals surface area contributed by atoms with E-state index in [1.165, 1.54) is 0 Å². The predicted octanol–water partition coefficient (Wildman–Crippen LogP) is 1.57. The van der Waals surface area contributed by atoms with Crippen LogP contribution in [0.15, 0.2) is 0 Å². The van der Waals surface area contributed by atoms with E-state index in [9.17, 15) is 4.79 Å². The van der Waals surface area contributed by atoms with E-state index in [-0.39, 0.29) is 5.92 Å². The zero-order valence-electron chi connectivity index (χ0n) is 9.88. The van der Waals surface area contributed by atoms with Crippen molar-refractivity contribution in [3.63, 3.8) is 0 Å². The van der Waals surface area contributed by atoms with Crippen molar-refractivity contribution in [2.45, 2.75) is 27.7 Å². The van der Waals surface area contributed by atoms with Crippen LogP contribution < -0.4 is 0 Å². The summed E-state index contributed by atoms with van der Waals surface area (Å²) >= 11 is 0. The van der Waals surface area contributed by atoms with Crippen LogP contribution in [0.4, 0.5) is 0 Å². The molecule has 84 valence electrons. The Morgan fingerprint density at radius 1 is 1.36 bits per heavy atom. The van der Waals surface area contributed by atoms with Gasteiger partial charge in [0.05, 0.1) is 13.2 Å². The number of ether oxygens (including phenoxy) is 1. The molecule has 14 heavy (non-hydrogen) atoms. The molecule has 0 atom stereocenters. The van der Waals surface area contributed by atoms with Crippen LogP contribution in [0.1, 0.15) is 27.7 Å². The molecule has 0 aliphatic carbocycles. The van der Waals surface area contributed by atoms with Gasteiger partial charge in [0.1, 0.15) is 5.78 Å². The summed E-state index contributed by atoms with van der Waals surface area (Å²) in [6.07, 6.45) is 0. The fraction of sp³-hybridized carbons (Fsp3) is 0.909. The number of likely N-dealkylation sites (N-methyl/N-ethyl adjacent to an activating group) is 1. The van der Waals surface area contributed by atoms with Gasteiger partial charge in [-0.3, -0.25) is 9.69 Å². The van der Waals surface area contributed by atoms with E-state index in [0.29, 0.717) is 12.3 Å². The molecule has 0 spiro atoms. The highest BCUT2D eigenvalue weighted by molar-refractivity contribution is 5.82. The molecule has 0 bridgehead atoms. The molecule has 0 radical (unpaired) electrons. The zero-order valence-corrected chi connectivity index (χ0v) is 9.88. The number of hydrogen-bond acceptors (Lipinski definition) is 3. The summed E-state index contributed by atoms with van der Waals surface area (Å²) in [5.74, 6) is 0.444. The van der Waals surface area contributed by atoms with Gasteiger partial charge in [-0.2, -0.15) is 0 Å². The van der Waals surface area contributed by atoms with Gasteiger partial charge in [-0.1, -0.05) is 20.8 Å². The first-order valence-corrected chi connectivity index (χ1v) is 5.44. The quantitative estimate of drug-likeness (QED) is 0.558. The Kier molecular flexibility index (Phi) is 7.71. The van der Waals surface area contributed by atoms with Crippen molar-refractivity contribution in [1.29, 1.82) is 0 Å². The Morgan fingerprint density at radius 3 is 2.43 bits per heavy atom. The van der Waals surface area contributed by atoms with Gasteiger partial charge in [-0.25, -0.2) is 0 Å².